The average molecular weight is 465 g/mol. The van der Waals surface area contributed by atoms with E-state index in [4.69, 9.17) is 4.74 Å². The number of rotatable bonds is 5. The number of carbonyl (C=O) groups excluding carboxylic acids is 2. The minimum Gasteiger partial charge on any atom is -0.464 e. The normalized spacial score (nSPS) is 14.1. The van der Waals surface area contributed by atoms with Crippen LogP contribution in [-0.2, 0) is 4.74 Å². The van der Waals surface area contributed by atoms with Crippen molar-refractivity contribution in [2.75, 3.05) is 20.2 Å². The van der Waals surface area contributed by atoms with E-state index in [1.54, 1.807) is 36.2 Å². The number of hydrogen-bond donors (Lipinski definition) is 0. The molecule has 0 spiro atoms. The third kappa shape index (κ3) is 4.19. The van der Waals surface area contributed by atoms with Gasteiger partial charge in [-0.3, -0.25) is 19.7 Å². The number of hydrogen-bond acceptors (Lipinski definition) is 7. The van der Waals surface area contributed by atoms with Gasteiger partial charge in [0.05, 0.1) is 12.0 Å². The molecule has 1 aromatic carbocycles. The van der Waals surface area contributed by atoms with Crippen molar-refractivity contribution in [1.82, 2.24) is 19.2 Å². The molecule has 1 saturated heterocycles. The number of methoxy groups -OCH3 is 1. The average Bonchev–Trinajstić information content (AvgIpc) is 3.33. The Hall–Kier alpha value is -4.28. The molecule has 11 heteroatoms. The van der Waals surface area contributed by atoms with Crippen LogP contribution in [0.25, 0.3) is 5.69 Å². The van der Waals surface area contributed by atoms with E-state index in [0.29, 0.717) is 37.3 Å². The van der Waals surface area contributed by atoms with Crippen LogP contribution >= 0.6 is 0 Å². The second-order valence-electron chi connectivity index (χ2n) is 7.97. The van der Waals surface area contributed by atoms with Gasteiger partial charge in [0.2, 0.25) is 5.43 Å². The summed E-state index contributed by atoms with van der Waals surface area (Å²) in [6.45, 7) is 2.33. The Bertz CT molecular complexity index is 1320. The first-order valence-electron chi connectivity index (χ1n) is 10.7. The number of nitro benzene ring substituents is 1. The molecule has 0 aliphatic carbocycles. The predicted molar refractivity (Wildman–Crippen MR) is 121 cm³/mol. The van der Waals surface area contributed by atoms with Gasteiger partial charge in [0.15, 0.2) is 5.69 Å². The molecule has 1 aliphatic heterocycles. The number of esters is 1. The number of amides is 1. The van der Waals surface area contributed by atoms with Crippen LogP contribution < -0.4 is 5.43 Å². The van der Waals surface area contributed by atoms with Crippen molar-refractivity contribution in [3.63, 3.8) is 0 Å². The maximum absolute atomic E-state index is 13.2. The summed E-state index contributed by atoms with van der Waals surface area (Å²) in [6.07, 6.45) is 2.96. The van der Waals surface area contributed by atoms with Crippen molar-refractivity contribution < 1.29 is 19.2 Å². The highest BCUT2D eigenvalue weighted by Gasteiger charge is 2.29. The Kier molecular flexibility index (Phi) is 6.26. The first-order chi connectivity index (χ1) is 16.3. The lowest BCUT2D eigenvalue weighted by molar-refractivity contribution is -0.384. The third-order valence-electron chi connectivity index (χ3n) is 5.94. The molecule has 34 heavy (non-hydrogen) atoms. The van der Waals surface area contributed by atoms with Crippen molar-refractivity contribution in [3.05, 3.63) is 86.1 Å². The van der Waals surface area contributed by atoms with E-state index in [1.807, 2.05) is 4.57 Å². The minimum absolute atomic E-state index is 0.00255. The van der Waals surface area contributed by atoms with Crippen molar-refractivity contribution in [1.29, 1.82) is 0 Å². The molecule has 0 bridgehead atoms. The lowest BCUT2D eigenvalue weighted by Gasteiger charge is -2.33. The number of nitrogens with zero attached hydrogens (tertiary/aromatic N) is 5. The van der Waals surface area contributed by atoms with Gasteiger partial charge in [-0.25, -0.2) is 9.48 Å². The summed E-state index contributed by atoms with van der Waals surface area (Å²) in [5.74, 6) is -0.959. The molecule has 2 aromatic heterocycles. The molecule has 0 radical (unpaired) electrons. The fourth-order valence-electron chi connectivity index (χ4n) is 4.22. The van der Waals surface area contributed by atoms with Crippen LogP contribution in [0.3, 0.4) is 0 Å². The van der Waals surface area contributed by atoms with E-state index in [2.05, 4.69) is 5.10 Å². The Morgan fingerprint density at radius 1 is 1.15 bits per heavy atom. The van der Waals surface area contributed by atoms with E-state index in [1.165, 1.54) is 36.1 Å². The molecule has 0 N–H and O–H groups in total. The lowest BCUT2D eigenvalue weighted by atomic mass is 10.0. The van der Waals surface area contributed by atoms with E-state index in [-0.39, 0.29) is 23.1 Å². The standard InChI is InChI=1S/C23H23N5O6/c1-15-14-20(29)21(24-27(15)17-6-3-4-7-18(17)28(32)33)22(30)25-12-9-16(10-13-25)26-11-5-8-19(26)23(31)34-2/h3-8,11,14,16H,9-10,12-13H2,1-2H3. The number of para-hydroxylation sites is 2. The van der Waals surface area contributed by atoms with Gasteiger partial charge in [0, 0.05) is 43.2 Å². The zero-order valence-corrected chi connectivity index (χ0v) is 18.7. The monoisotopic (exact) mass is 465 g/mol. The zero-order valence-electron chi connectivity index (χ0n) is 18.7. The second-order valence-corrected chi connectivity index (χ2v) is 7.97. The van der Waals surface area contributed by atoms with Crippen LogP contribution in [0.1, 0.15) is 45.6 Å². The van der Waals surface area contributed by atoms with Crippen LogP contribution in [0.4, 0.5) is 5.69 Å². The summed E-state index contributed by atoms with van der Waals surface area (Å²) < 4.78 is 7.92. The van der Waals surface area contributed by atoms with Crippen LogP contribution in [0.5, 0.6) is 0 Å². The Morgan fingerprint density at radius 3 is 2.53 bits per heavy atom. The van der Waals surface area contributed by atoms with Gasteiger partial charge in [0.1, 0.15) is 11.4 Å². The van der Waals surface area contributed by atoms with E-state index in [9.17, 15) is 24.5 Å². The molecular weight excluding hydrogens is 442 g/mol. The molecule has 11 nitrogen and oxygen atoms in total. The van der Waals surface area contributed by atoms with Gasteiger partial charge < -0.3 is 14.2 Å². The quantitative estimate of drug-likeness (QED) is 0.321. The number of piperidine rings is 1. The summed E-state index contributed by atoms with van der Waals surface area (Å²) in [7, 11) is 1.33. The Labute approximate surface area is 194 Å². The van der Waals surface area contributed by atoms with Gasteiger partial charge in [-0.2, -0.15) is 5.10 Å². The van der Waals surface area contributed by atoms with Crippen LogP contribution in [0.15, 0.2) is 53.5 Å². The maximum atomic E-state index is 13.2. The van der Waals surface area contributed by atoms with Crippen LogP contribution in [0.2, 0.25) is 0 Å². The van der Waals surface area contributed by atoms with E-state index >= 15 is 0 Å². The maximum Gasteiger partial charge on any atom is 0.354 e. The molecule has 1 fully saturated rings. The largest absolute Gasteiger partial charge is 0.464 e. The van der Waals surface area contributed by atoms with Crippen molar-refractivity contribution in [3.8, 4) is 5.69 Å². The number of nitro groups is 1. The SMILES string of the molecule is COC(=O)c1cccn1C1CCN(C(=O)c2nn(-c3ccccc3[N+](=O)[O-])c(C)cc2=O)CC1. The first kappa shape index (κ1) is 22.9. The lowest BCUT2D eigenvalue weighted by Crippen LogP contribution is -2.42. The highest BCUT2D eigenvalue weighted by atomic mass is 16.6. The number of aromatic nitrogens is 3. The topological polar surface area (TPSA) is 130 Å². The molecule has 3 heterocycles. The number of aryl methyl sites for hydroxylation is 1. The Balaban J connectivity index is 1.58. The first-order valence-corrected chi connectivity index (χ1v) is 10.7. The molecule has 1 amide bonds. The van der Waals surface area contributed by atoms with Gasteiger partial charge in [-0.1, -0.05) is 12.1 Å². The summed E-state index contributed by atoms with van der Waals surface area (Å²) >= 11 is 0. The van der Waals surface area contributed by atoms with Crippen molar-refractivity contribution in [2.24, 2.45) is 0 Å². The molecule has 0 saturated carbocycles. The van der Waals surface area contributed by atoms with Crippen molar-refractivity contribution >= 4 is 17.6 Å². The summed E-state index contributed by atoms with van der Waals surface area (Å²) in [5.41, 5.74) is -0.0385. The minimum atomic E-state index is -0.544. The summed E-state index contributed by atoms with van der Waals surface area (Å²) in [4.78, 5) is 50.2. The van der Waals surface area contributed by atoms with E-state index < -0.39 is 22.2 Å². The van der Waals surface area contributed by atoms with E-state index in [0.717, 1.165) is 0 Å². The molecular formula is C23H23N5O6. The molecule has 176 valence electrons. The number of likely N-dealkylation sites (tertiary alicyclic amines) is 1. The summed E-state index contributed by atoms with van der Waals surface area (Å²) in [6, 6.07) is 10.7. The fraction of sp³-hybridized carbons (Fsp3) is 0.304. The molecule has 3 aromatic rings. The molecule has 4 rings (SSSR count). The van der Waals surface area contributed by atoms with Gasteiger partial charge in [-0.15, -0.1) is 0 Å². The zero-order chi connectivity index (χ0) is 24.4. The number of ether oxygens (including phenoxy) is 1. The highest BCUT2D eigenvalue weighted by molar-refractivity contribution is 5.92. The summed E-state index contributed by atoms with van der Waals surface area (Å²) in [5, 5.41) is 15.7. The third-order valence-corrected chi connectivity index (χ3v) is 5.94. The molecule has 0 unspecified atom stereocenters. The number of carbonyl (C=O) groups is 2. The Morgan fingerprint density at radius 2 is 1.85 bits per heavy atom. The van der Waals surface area contributed by atoms with Crippen LogP contribution in [0, 0.1) is 17.0 Å². The smallest absolute Gasteiger partial charge is 0.354 e. The highest BCUT2D eigenvalue weighted by Crippen LogP contribution is 2.26. The molecule has 1 aliphatic rings. The predicted octanol–water partition coefficient (Wildman–Crippen LogP) is 2.51. The van der Waals surface area contributed by atoms with Gasteiger partial charge >= 0.3 is 5.97 Å². The fourth-order valence-corrected chi connectivity index (χ4v) is 4.22. The van der Waals surface area contributed by atoms with Crippen molar-refractivity contribution in [2.45, 2.75) is 25.8 Å². The number of benzene rings is 1. The van der Waals surface area contributed by atoms with Crippen LogP contribution in [-0.4, -0.2) is 56.2 Å². The molecule has 0 atom stereocenters. The van der Waals surface area contributed by atoms with Gasteiger partial charge in [0.25, 0.3) is 11.6 Å². The second kappa shape index (κ2) is 9.30. The van der Waals surface area contributed by atoms with Gasteiger partial charge in [-0.05, 0) is 38.0 Å².